The van der Waals surface area contributed by atoms with Crippen molar-refractivity contribution >= 4 is 21.1 Å². The Labute approximate surface area is 170 Å². The summed E-state index contributed by atoms with van der Waals surface area (Å²) in [6, 6.07) is 8.12. The second kappa shape index (κ2) is 7.19. The van der Waals surface area contributed by atoms with Crippen molar-refractivity contribution in [2.75, 3.05) is 26.2 Å². The first-order valence-corrected chi connectivity index (χ1v) is 11.6. The Balaban J connectivity index is 1.43. The Morgan fingerprint density at radius 1 is 1.10 bits per heavy atom. The van der Waals surface area contributed by atoms with E-state index >= 15 is 0 Å². The Morgan fingerprint density at radius 2 is 1.90 bits per heavy atom. The SMILES string of the molecule is Cc1ccc(-n2cc(C3CCN(S(=O)(=O)C4CNC4)CC3)c3cccnc32)nc1. The largest absolute Gasteiger partial charge is 0.314 e. The van der Waals surface area contributed by atoms with E-state index in [-0.39, 0.29) is 5.25 Å². The zero-order valence-electron chi connectivity index (χ0n) is 16.5. The lowest BCUT2D eigenvalue weighted by Crippen LogP contribution is -2.57. The van der Waals surface area contributed by atoms with Gasteiger partial charge in [-0.15, -0.1) is 0 Å². The van der Waals surface area contributed by atoms with Gasteiger partial charge in [-0.2, -0.15) is 0 Å². The molecular formula is C21H25N5O2S. The van der Waals surface area contributed by atoms with Crippen LogP contribution < -0.4 is 5.32 Å². The molecule has 2 aliphatic rings. The minimum Gasteiger partial charge on any atom is -0.314 e. The number of pyridine rings is 2. The minimum absolute atomic E-state index is 0.252. The number of hydrogen-bond donors (Lipinski definition) is 1. The molecule has 0 spiro atoms. The summed E-state index contributed by atoms with van der Waals surface area (Å²) in [4.78, 5) is 9.17. The van der Waals surface area contributed by atoms with Crippen molar-refractivity contribution in [1.82, 2.24) is 24.2 Å². The van der Waals surface area contributed by atoms with Gasteiger partial charge in [0.15, 0.2) is 0 Å². The molecule has 5 heterocycles. The molecule has 8 heteroatoms. The van der Waals surface area contributed by atoms with E-state index in [0.717, 1.165) is 35.3 Å². The Kier molecular flexibility index (Phi) is 4.64. The molecule has 7 nitrogen and oxygen atoms in total. The summed E-state index contributed by atoms with van der Waals surface area (Å²) in [6.07, 6.45) is 7.46. The number of nitrogens with one attached hydrogen (secondary N) is 1. The number of nitrogens with zero attached hydrogens (tertiary/aromatic N) is 4. The lowest BCUT2D eigenvalue weighted by Gasteiger charge is -2.36. The number of aromatic nitrogens is 3. The van der Waals surface area contributed by atoms with Crippen molar-refractivity contribution in [1.29, 1.82) is 0 Å². The molecule has 0 aromatic carbocycles. The van der Waals surface area contributed by atoms with E-state index in [9.17, 15) is 8.42 Å². The fraction of sp³-hybridized carbons (Fsp3) is 0.429. The zero-order valence-corrected chi connectivity index (χ0v) is 17.3. The number of rotatable bonds is 4. The van der Waals surface area contributed by atoms with Crippen molar-refractivity contribution in [2.24, 2.45) is 0 Å². The van der Waals surface area contributed by atoms with Crippen LogP contribution in [0, 0.1) is 6.92 Å². The van der Waals surface area contributed by atoms with Gasteiger partial charge in [-0.05, 0) is 55.0 Å². The molecule has 0 radical (unpaired) electrons. The zero-order chi connectivity index (χ0) is 20.0. The smallest absolute Gasteiger partial charge is 0.219 e. The van der Waals surface area contributed by atoms with Crippen LogP contribution in [0.2, 0.25) is 0 Å². The van der Waals surface area contributed by atoms with E-state index in [1.165, 1.54) is 5.56 Å². The molecule has 0 unspecified atom stereocenters. The molecule has 29 heavy (non-hydrogen) atoms. The van der Waals surface area contributed by atoms with Crippen molar-refractivity contribution in [3.8, 4) is 5.82 Å². The van der Waals surface area contributed by atoms with Crippen molar-refractivity contribution < 1.29 is 8.42 Å². The number of sulfonamides is 1. The van der Waals surface area contributed by atoms with Crippen molar-refractivity contribution in [2.45, 2.75) is 30.9 Å². The summed E-state index contributed by atoms with van der Waals surface area (Å²) in [7, 11) is -3.17. The van der Waals surface area contributed by atoms with Crippen molar-refractivity contribution in [3.05, 3.63) is 54.0 Å². The maximum absolute atomic E-state index is 12.7. The predicted octanol–water partition coefficient (Wildman–Crippen LogP) is 2.21. The first-order valence-electron chi connectivity index (χ1n) is 10.1. The van der Waals surface area contributed by atoms with Crippen LogP contribution >= 0.6 is 0 Å². The molecule has 152 valence electrons. The molecule has 0 bridgehead atoms. The molecule has 3 aromatic heterocycles. The lowest BCUT2D eigenvalue weighted by molar-refractivity contribution is 0.311. The number of piperidine rings is 1. The Hall–Kier alpha value is -2.29. The Morgan fingerprint density at radius 3 is 2.55 bits per heavy atom. The quantitative estimate of drug-likeness (QED) is 0.712. The summed E-state index contributed by atoms with van der Waals surface area (Å²) in [5.41, 5.74) is 3.25. The second-order valence-corrected chi connectivity index (χ2v) is 10.2. The maximum atomic E-state index is 12.7. The minimum atomic E-state index is -3.17. The summed E-state index contributed by atoms with van der Waals surface area (Å²) in [5, 5.41) is 3.93. The summed E-state index contributed by atoms with van der Waals surface area (Å²) < 4.78 is 29.1. The van der Waals surface area contributed by atoms with Gasteiger partial charge in [0, 0.05) is 50.2 Å². The lowest BCUT2D eigenvalue weighted by atomic mass is 9.90. The van der Waals surface area contributed by atoms with E-state index in [1.807, 2.05) is 29.8 Å². The molecule has 2 aliphatic heterocycles. The van der Waals surface area contributed by atoms with Crippen LogP contribution in [-0.2, 0) is 10.0 Å². The molecule has 0 atom stereocenters. The maximum Gasteiger partial charge on any atom is 0.219 e. The van der Waals surface area contributed by atoms with Crippen LogP contribution in [0.5, 0.6) is 0 Å². The monoisotopic (exact) mass is 411 g/mol. The normalized spacial score (nSPS) is 19.5. The van der Waals surface area contributed by atoms with E-state index in [4.69, 9.17) is 0 Å². The highest BCUT2D eigenvalue weighted by molar-refractivity contribution is 7.89. The molecule has 0 aliphatic carbocycles. The molecule has 1 N–H and O–H groups in total. The fourth-order valence-electron chi connectivity index (χ4n) is 4.29. The van der Waals surface area contributed by atoms with Gasteiger partial charge in [0.25, 0.3) is 0 Å². The highest BCUT2D eigenvalue weighted by Gasteiger charge is 2.38. The first kappa shape index (κ1) is 18.7. The average molecular weight is 412 g/mol. The van der Waals surface area contributed by atoms with Gasteiger partial charge in [-0.3, -0.25) is 4.57 Å². The molecule has 2 fully saturated rings. The van der Waals surface area contributed by atoms with Gasteiger partial charge in [0.1, 0.15) is 16.7 Å². The number of hydrogen-bond acceptors (Lipinski definition) is 5. The summed E-state index contributed by atoms with van der Waals surface area (Å²) in [6.45, 7) is 4.34. The van der Waals surface area contributed by atoms with Gasteiger partial charge >= 0.3 is 0 Å². The summed E-state index contributed by atoms with van der Waals surface area (Å²) >= 11 is 0. The van der Waals surface area contributed by atoms with Crippen LogP contribution in [0.4, 0.5) is 0 Å². The third-order valence-electron chi connectivity index (χ3n) is 6.16. The van der Waals surface area contributed by atoms with Crippen LogP contribution in [0.15, 0.2) is 42.9 Å². The average Bonchev–Trinajstić information content (AvgIpc) is 3.07. The second-order valence-electron chi connectivity index (χ2n) is 8.02. The van der Waals surface area contributed by atoms with E-state index < -0.39 is 10.0 Å². The first-order chi connectivity index (χ1) is 14.0. The third kappa shape index (κ3) is 3.25. The Bertz CT molecular complexity index is 1130. The van der Waals surface area contributed by atoms with Gasteiger partial charge in [0.05, 0.1) is 0 Å². The topological polar surface area (TPSA) is 80.1 Å². The number of fused-ring (bicyclic) bond motifs is 1. The van der Waals surface area contributed by atoms with E-state index in [1.54, 1.807) is 10.5 Å². The molecule has 0 amide bonds. The molecular weight excluding hydrogens is 386 g/mol. The van der Waals surface area contributed by atoms with Gasteiger partial charge in [0.2, 0.25) is 10.0 Å². The standard InChI is InChI=1S/C21H25N5O2S/c1-15-4-5-20(24-11-15)26-14-19(18-3-2-8-23-21(18)26)16-6-9-25(10-7-16)29(27,28)17-12-22-13-17/h2-5,8,11,14,16-17,22H,6-7,9-10,12-13H2,1H3. The highest BCUT2D eigenvalue weighted by Crippen LogP contribution is 2.35. The van der Waals surface area contributed by atoms with Crippen LogP contribution in [-0.4, -0.2) is 58.7 Å². The van der Waals surface area contributed by atoms with E-state index in [2.05, 4.69) is 33.6 Å². The molecule has 2 saturated heterocycles. The van der Waals surface area contributed by atoms with E-state index in [0.29, 0.717) is 32.1 Å². The van der Waals surface area contributed by atoms with Gasteiger partial charge < -0.3 is 5.32 Å². The van der Waals surface area contributed by atoms with Crippen molar-refractivity contribution in [3.63, 3.8) is 0 Å². The van der Waals surface area contributed by atoms with Crippen LogP contribution in [0.3, 0.4) is 0 Å². The third-order valence-corrected chi connectivity index (χ3v) is 8.42. The predicted molar refractivity (Wildman–Crippen MR) is 113 cm³/mol. The summed E-state index contributed by atoms with van der Waals surface area (Å²) in [5.74, 6) is 1.17. The van der Waals surface area contributed by atoms with Crippen LogP contribution in [0.1, 0.15) is 29.9 Å². The van der Waals surface area contributed by atoms with Gasteiger partial charge in [-0.1, -0.05) is 6.07 Å². The van der Waals surface area contributed by atoms with Crippen LogP contribution in [0.25, 0.3) is 16.9 Å². The molecule has 0 saturated carbocycles. The fourth-order valence-corrected chi connectivity index (χ4v) is 6.09. The number of aryl methyl sites for hydroxylation is 1. The molecule has 5 rings (SSSR count). The highest BCUT2D eigenvalue weighted by atomic mass is 32.2. The van der Waals surface area contributed by atoms with Gasteiger partial charge in [-0.25, -0.2) is 22.7 Å². The molecule has 3 aromatic rings.